The molecular weight excluding hydrogens is 176 g/mol. The molecule has 0 N–H and O–H groups in total. The van der Waals surface area contributed by atoms with E-state index in [1.54, 1.807) is 0 Å². The third kappa shape index (κ3) is 2.06. The Balaban J connectivity index is 2.71. The predicted octanol–water partition coefficient (Wildman–Crippen LogP) is 1.79. The lowest BCUT2D eigenvalue weighted by atomic mass is 9.94. The van der Waals surface area contributed by atoms with Crippen LogP contribution in [0.1, 0.15) is 34.1 Å². The van der Waals surface area contributed by atoms with Crippen molar-refractivity contribution in [1.82, 2.24) is 4.90 Å². The average Bonchev–Trinajstić information content (AvgIpc) is 2.45. The minimum atomic E-state index is -0.110. The number of hydrogen-bond acceptors (Lipinski definition) is 2. The second-order valence-corrected chi connectivity index (χ2v) is 5.06. The molecule has 3 heteroatoms. The molecule has 14 heavy (non-hydrogen) atoms. The summed E-state index contributed by atoms with van der Waals surface area (Å²) in [6.07, 6.45) is 0.534. The maximum absolute atomic E-state index is 11.7. The van der Waals surface area contributed by atoms with E-state index in [1.807, 2.05) is 32.6 Å². The standard InChI is InChI=1S/C11H18N2O/c1-8(6-12)9-5-10(14)13(7-9)11(2,3)4/h8-9H,5,7H2,1-4H3. The predicted molar refractivity (Wildman–Crippen MR) is 54.4 cm³/mol. The van der Waals surface area contributed by atoms with E-state index in [9.17, 15) is 4.79 Å². The van der Waals surface area contributed by atoms with Gasteiger partial charge in [0.2, 0.25) is 5.91 Å². The van der Waals surface area contributed by atoms with Crippen molar-refractivity contribution in [2.24, 2.45) is 11.8 Å². The van der Waals surface area contributed by atoms with E-state index in [4.69, 9.17) is 5.26 Å². The van der Waals surface area contributed by atoms with Crippen LogP contribution in [0.4, 0.5) is 0 Å². The van der Waals surface area contributed by atoms with Crippen LogP contribution in [-0.4, -0.2) is 22.9 Å². The van der Waals surface area contributed by atoms with Gasteiger partial charge < -0.3 is 4.90 Å². The Morgan fingerprint density at radius 3 is 2.50 bits per heavy atom. The van der Waals surface area contributed by atoms with Crippen LogP contribution in [0, 0.1) is 23.2 Å². The van der Waals surface area contributed by atoms with E-state index < -0.39 is 0 Å². The fraction of sp³-hybridized carbons (Fsp3) is 0.818. The highest BCUT2D eigenvalue weighted by atomic mass is 16.2. The summed E-state index contributed by atoms with van der Waals surface area (Å²) in [4.78, 5) is 13.5. The van der Waals surface area contributed by atoms with Crippen molar-refractivity contribution in [3.63, 3.8) is 0 Å². The fourth-order valence-corrected chi connectivity index (χ4v) is 1.82. The summed E-state index contributed by atoms with van der Waals surface area (Å²) in [6.45, 7) is 8.72. The first kappa shape index (κ1) is 11.0. The molecule has 1 fully saturated rings. The lowest BCUT2D eigenvalue weighted by molar-refractivity contribution is -0.131. The molecule has 0 aromatic heterocycles. The van der Waals surface area contributed by atoms with Gasteiger partial charge in [0.05, 0.1) is 6.07 Å². The van der Waals surface area contributed by atoms with Gasteiger partial charge in [0.1, 0.15) is 0 Å². The average molecular weight is 194 g/mol. The van der Waals surface area contributed by atoms with Crippen molar-refractivity contribution in [3.8, 4) is 6.07 Å². The minimum Gasteiger partial charge on any atom is -0.338 e. The van der Waals surface area contributed by atoms with Gasteiger partial charge in [-0.15, -0.1) is 0 Å². The summed E-state index contributed by atoms with van der Waals surface area (Å²) >= 11 is 0. The van der Waals surface area contributed by atoms with Gasteiger partial charge >= 0.3 is 0 Å². The minimum absolute atomic E-state index is 0.0219. The summed E-state index contributed by atoms with van der Waals surface area (Å²) < 4.78 is 0. The molecule has 1 heterocycles. The smallest absolute Gasteiger partial charge is 0.223 e. The van der Waals surface area contributed by atoms with Crippen LogP contribution in [-0.2, 0) is 4.79 Å². The maximum atomic E-state index is 11.7. The highest BCUT2D eigenvalue weighted by molar-refractivity contribution is 5.79. The summed E-state index contributed by atoms with van der Waals surface area (Å²) in [5.41, 5.74) is -0.110. The van der Waals surface area contributed by atoms with Gasteiger partial charge in [0, 0.05) is 30.3 Å². The quantitative estimate of drug-likeness (QED) is 0.638. The molecule has 0 aromatic rings. The van der Waals surface area contributed by atoms with Gasteiger partial charge in [-0.3, -0.25) is 4.79 Å². The van der Waals surface area contributed by atoms with E-state index in [-0.39, 0.29) is 23.3 Å². The third-order valence-electron chi connectivity index (χ3n) is 2.88. The molecule has 0 saturated carbocycles. The molecule has 0 radical (unpaired) electrons. The Morgan fingerprint density at radius 2 is 2.14 bits per heavy atom. The van der Waals surface area contributed by atoms with Crippen LogP contribution in [0.25, 0.3) is 0 Å². The van der Waals surface area contributed by atoms with Crippen LogP contribution in [0.2, 0.25) is 0 Å². The number of carbonyl (C=O) groups excluding carboxylic acids is 1. The summed E-state index contributed by atoms with van der Waals surface area (Å²) in [7, 11) is 0. The van der Waals surface area contributed by atoms with Gasteiger partial charge in [0.15, 0.2) is 0 Å². The molecule has 0 bridgehead atoms. The highest BCUT2D eigenvalue weighted by Crippen LogP contribution is 2.29. The summed E-state index contributed by atoms with van der Waals surface area (Å²) in [5.74, 6) is 0.377. The molecule has 1 aliphatic heterocycles. The Kier molecular flexibility index (Phi) is 2.84. The van der Waals surface area contributed by atoms with Crippen molar-refractivity contribution < 1.29 is 4.79 Å². The van der Waals surface area contributed by atoms with Crippen LogP contribution in [0.5, 0.6) is 0 Å². The molecule has 2 atom stereocenters. The number of nitrogens with zero attached hydrogens (tertiary/aromatic N) is 2. The monoisotopic (exact) mass is 194 g/mol. The van der Waals surface area contributed by atoms with Crippen molar-refractivity contribution in [2.45, 2.75) is 39.7 Å². The van der Waals surface area contributed by atoms with Gasteiger partial charge in [-0.2, -0.15) is 5.26 Å². The van der Waals surface area contributed by atoms with Gasteiger partial charge in [0.25, 0.3) is 0 Å². The van der Waals surface area contributed by atoms with E-state index in [0.29, 0.717) is 6.42 Å². The van der Waals surface area contributed by atoms with E-state index in [1.165, 1.54) is 0 Å². The first-order chi connectivity index (χ1) is 6.36. The first-order valence-electron chi connectivity index (χ1n) is 5.06. The maximum Gasteiger partial charge on any atom is 0.223 e. The van der Waals surface area contributed by atoms with E-state index >= 15 is 0 Å². The zero-order chi connectivity index (χ0) is 10.9. The molecule has 78 valence electrons. The number of hydrogen-bond donors (Lipinski definition) is 0. The van der Waals surface area contributed by atoms with Crippen LogP contribution in [0.3, 0.4) is 0 Å². The molecule has 0 aromatic carbocycles. The zero-order valence-corrected chi connectivity index (χ0v) is 9.37. The van der Waals surface area contributed by atoms with Crippen molar-refractivity contribution >= 4 is 5.91 Å². The highest BCUT2D eigenvalue weighted by Gasteiger charge is 2.38. The summed E-state index contributed by atoms with van der Waals surface area (Å²) in [5, 5.41) is 8.79. The fourth-order valence-electron chi connectivity index (χ4n) is 1.82. The Labute approximate surface area is 85.7 Å². The lowest BCUT2D eigenvalue weighted by Gasteiger charge is -2.32. The number of carbonyl (C=O) groups is 1. The normalized spacial score (nSPS) is 24.9. The summed E-state index contributed by atoms with van der Waals surface area (Å²) in [6, 6.07) is 2.22. The topological polar surface area (TPSA) is 44.1 Å². The first-order valence-corrected chi connectivity index (χ1v) is 5.06. The molecule has 3 nitrogen and oxygen atoms in total. The number of rotatable bonds is 1. The second kappa shape index (κ2) is 3.61. The molecule has 1 rings (SSSR count). The molecule has 1 aliphatic rings. The van der Waals surface area contributed by atoms with E-state index in [2.05, 4.69) is 6.07 Å². The number of likely N-dealkylation sites (tertiary alicyclic amines) is 1. The molecule has 1 amide bonds. The molecule has 0 spiro atoms. The van der Waals surface area contributed by atoms with Crippen LogP contribution < -0.4 is 0 Å². The van der Waals surface area contributed by atoms with Gasteiger partial charge in [-0.05, 0) is 27.7 Å². The molecule has 0 aliphatic carbocycles. The van der Waals surface area contributed by atoms with Gasteiger partial charge in [-0.1, -0.05) is 0 Å². The van der Waals surface area contributed by atoms with Crippen LogP contribution in [0.15, 0.2) is 0 Å². The largest absolute Gasteiger partial charge is 0.338 e. The van der Waals surface area contributed by atoms with Crippen molar-refractivity contribution in [3.05, 3.63) is 0 Å². The Morgan fingerprint density at radius 1 is 1.57 bits per heavy atom. The molecule has 1 saturated heterocycles. The SMILES string of the molecule is CC(C#N)C1CC(=O)N(C(C)(C)C)C1. The Bertz CT molecular complexity index is 272. The van der Waals surface area contributed by atoms with Crippen molar-refractivity contribution in [2.75, 3.05) is 6.54 Å². The van der Waals surface area contributed by atoms with Crippen molar-refractivity contribution in [1.29, 1.82) is 5.26 Å². The Hall–Kier alpha value is -1.04. The van der Waals surface area contributed by atoms with Crippen LogP contribution >= 0.6 is 0 Å². The number of amides is 1. The molecular formula is C11H18N2O. The van der Waals surface area contributed by atoms with Gasteiger partial charge in [-0.25, -0.2) is 0 Å². The number of nitriles is 1. The lowest BCUT2D eigenvalue weighted by Crippen LogP contribution is -2.42. The van der Waals surface area contributed by atoms with E-state index in [0.717, 1.165) is 6.54 Å². The molecule has 2 unspecified atom stereocenters. The second-order valence-electron chi connectivity index (χ2n) is 5.06. The third-order valence-corrected chi connectivity index (χ3v) is 2.88. The zero-order valence-electron chi connectivity index (χ0n) is 9.37.